The first-order chi connectivity index (χ1) is 12.9. The molecule has 0 radical (unpaired) electrons. The minimum Gasteiger partial charge on any atom is -0.497 e. The Morgan fingerprint density at radius 3 is 1.96 bits per heavy atom. The zero-order valence-corrected chi connectivity index (χ0v) is 16.2. The van der Waals surface area contributed by atoms with Crippen molar-refractivity contribution in [2.45, 2.75) is 13.8 Å². The number of nitrogens with one attached hydrogen (secondary N) is 1. The highest BCUT2D eigenvalue weighted by Gasteiger charge is 2.28. The molecule has 2 amide bonds. The fraction of sp³-hybridized carbons (Fsp3) is 0.400. The first kappa shape index (κ1) is 18.8. The fourth-order valence-corrected chi connectivity index (χ4v) is 3.38. The van der Waals surface area contributed by atoms with Crippen LogP contribution in [-0.4, -0.2) is 67.0 Å². The van der Waals surface area contributed by atoms with Crippen molar-refractivity contribution in [2.24, 2.45) is 0 Å². The van der Waals surface area contributed by atoms with Gasteiger partial charge in [-0.1, -0.05) is 0 Å². The Bertz CT molecular complexity index is 851. The molecule has 144 valence electrons. The summed E-state index contributed by atoms with van der Waals surface area (Å²) in [5, 5.41) is 0. The Hall–Kier alpha value is -2.96. The van der Waals surface area contributed by atoms with Crippen molar-refractivity contribution < 1.29 is 19.1 Å². The normalized spacial score (nSPS) is 14.2. The summed E-state index contributed by atoms with van der Waals surface area (Å²) in [6.45, 7) is 5.79. The van der Waals surface area contributed by atoms with Crippen LogP contribution < -0.4 is 9.47 Å². The van der Waals surface area contributed by atoms with Crippen molar-refractivity contribution in [3.63, 3.8) is 0 Å². The van der Waals surface area contributed by atoms with Crippen molar-refractivity contribution in [3.8, 4) is 11.5 Å². The number of rotatable bonds is 4. The Balaban J connectivity index is 1.69. The van der Waals surface area contributed by atoms with E-state index in [4.69, 9.17) is 9.47 Å². The number of aromatic nitrogens is 1. The van der Waals surface area contributed by atoms with Crippen molar-refractivity contribution in [1.29, 1.82) is 0 Å². The van der Waals surface area contributed by atoms with E-state index in [-0.39, 0.29) is 11.8 Å². The molecule has 27 heavy (non-hydrogen) atoms. The maximum absolute atomic E-state index is 12.9. The smallest absolute Gasteiger partial charge is 0.257 e. The molecule has 1 aromatic heterocycles. The van der Waals surface area contributed by atoms with E-state index < -0.39 is 0 Å². The first-order valence-corrected chi connectivity index (χ1v) is 8.91. The average Bonchev–Trinajstić information content (AvgIpc) is 3.04. The third-order valence-electron chi connectivity index (χ3n) is 4.87. The summed E-state index contributed by atoms with van der Waals surface area (Å²) in [7, 11) is 3.10. The van der Waals surface area contributed by atoms with Gasteiger partial charge in [-0.2, -0.15) is 0 Å². The number of nitrogens with zero attached hydrogens (tertiary/aromatic N) is 2. The minimum absolute atomic E-state index is 0.00269. The molecule has 1 aliphatic rings. The summed E-state index contributed by atoms with van der Waals surface area (Å²) in [4.78, 5) is 32.4. The van der Waals surface area contributed by atoms with E-state index in [0.717, 1.165) is 11.4 Å². The van der Waals surface area contributed by atoms with Crippen molar-refractivity contribution in [1.82, 2.24) is 14.8 Å². The van der Waals surface area contributed by atoms with Crippen molar-refractivity contribution in [3.05, 3.63) is 46.8 Å². The second-order valence-electron chi connectivity index (χ2n) is 6.64. The molecule has 1 aromatic carbocycles. The number of hydrogen-bond donors (Lipinski definition) is 1. The third kappa shape index (κ3) is 3.77. The number of aryl methyl sites for hydroxylation is 2. The Kier molecular flexibility index (Phi) is 5.39. The highest BCUT2D eigenvalue weighted by molar-refractivity contribution is 5.98. The Morgan fingerprint density at radius 2 is 1.48 bits per heavy atom. The van der Waals surface area contributed by atoms with Gasteiger partial charge in [0.2, 0.25) is 0 Å². The number of hydrogen-bond acceptors (Lipinski definition) is 4. The predicted molar refractivity (Wildman–Crippen MR) is 102 cm³/mol. The lowest BCUT2D eigenvalue weighted by atomic mass is 10.1. The van der Waals surface area contributed by atoms with E-state index >= 15 is 0 Å². The van der Waals surface area contributed by atoms with Crippen LogP contribution in [0.4, 0.5) is 0 Å². The molecular formula is C20H25N3O4. The standard InChI is InChI=1S/C20H25N3O4/c1-13-11-16(14(2)21-13)19(24)22-7-9-23(10-8-22)20(25)17-12-15(26-3)5-6-18(17)27-4/h5-6,11-12,21H,7-10H2,1-4H3. The van der Waals surface area contributed by atoms with Crippen LogP contribution >= 0.6 is 0 Å². The number of H-pyrrole nitrogens is 1. The molecule has 1 aliphatic heterocycles. The second kappa shape index (κ2) is 7.73. The molecule has 0 saturated carbocycles. The quantitative estimate of drug-likeness (QED) is 0.894. The molecule has 0 atom stereocenters. The Labute approximate surface area is 158 Å². The minimum atomic E-state index is -0.119. The van der Waals surface area contributed by atoms with Gasteiger partial charge in [-0.3, -0.25) is 9.59 Å². The van der Waals surface area contributed by atoms with Gasteiger partial charge in [-0.25, -0.2) is 0 Å². The summed E-state index contributed by atoms with van der Waals surface area (Å²) >= 11 is 0. The number of aromatic amines is 1. The molecular weight excluding hydrogens is 346 g/mol. The molecule has 0 aliphatic carbocycles. The molecule has 0 bridgehead atoms. The van der Waals surface area contributed by atoms with Crippen LogP contribution in [-0.2, 0) is 0 Å². The lowest BCUT2D eigenvalue weighted by molar-refractivity contribution is 0.0533. The van der Waals surface area contributed by atoms with Crippen LogP contribution in [0.25, 0.3) is 0 Å². The van der Waals surface area contributed by atoms with Crippen LogP contribution in [0.3, 0.4) is 0 Å². The number of carbonyl (C=O) groups is 2. The number of amides is 2. The van der Waals surface area contributed by atoms with Gasteiger partial charge in [-0.05, 0) is 38.1 Å². The molecule has 0 spiro atoms. The van der Waals surface area contributed by atoms with Gasteiger partial charge in [0, 0.05) is 37.6 Å². The molecule has 1 fully saturated rings. The lowest BCUT2D eigenvalue weighted by Crippen LogP contribution is -2.50. The van der Waals surface area contributed by atoms with Gasteiger partial charge < -0.3 is 24.3 Å². The van der Waals surface area contributed by atoms with Gasteiger partial charge in [0.1, 0.15) is 11.5 Å². The number of benzene rings is 1. The molecule has 2 aromatic rings. The van der Waals surface area contributed by atoms with Crippen molar-refractivity contribution in [2.75, 3.05) is 40.4 Å². The molecule has 0 unspecified atom stereocenters. The summed E-state index contributed by atoms with van der Waals surface area (Å²) < 4.78 is 10.5. The maximum Gasteiger partial charge on any atom is 0.257 e. The number of methoxy groups -OCH3 is 2. The van der Waals surface area contributed by atoms with Crippen LogP contribution in [0.15, 0.2) is 24.3 Å². The van der Waals surface area contributed by atoms with Gasteiger partial charge in [0.25, 0.3) is 11.8 Å². The van der Waals surface area contributed by atoms with E-state index in [0.29, 0.717) is 48.8 Å². The number of ether oxygens (including phenoxy) is 2. The largest absolute Gasteiger partial charge is 0.497 e. The lowest BCUT2D eigenvalue weighted by Gasteiger charge is -2.35. The van der Waals surface area contributed by atoms with Gasteiger partial charge in [-0.15, -0.1) is 0 Å². The summed E-state index contributed by atoms with van der Waals surface area (Å²) in [5.74, 6) is 0.999. The zero-order valence-electron chi connectivity index (χ0n) is 16.2. The van der Waals surface area contributed by atoms with Crippen LogP contribution in [0, 0.1) is 13.8 Å². The fourth-order valence-electron chi connectivity index (χ4n) is 3.38. The SMILES string of the molecule is COc1ccc(OC)c(C(=O)N2CCN(C(=O)c3cc(C)[nH]c3C)CC2)c1. The predicted octanol–water partition coefficient (Wildman–Crippen LogP) is 2.25. The van der Waals surface area contributed by atoms with Crippen LogP contribution in [0.5, 0.6) is 11.5 Å². The monoisotopic (exact) mass is 371 g/mol. The highest BCUT2D eigenvalue weighted by atomic mass is 16.5. The molecule has 1 saturated heterocycles. The van der Waals surface area contributed by atoms with Crippen molar-refractivity contribution >= 4 is 11.8 Å². The molecule has 3 rings (SSSR count). The van der Waals surface area contributed by atoms with E-state index in [1.165, 1.54) is 7.11 Å². The summed E-state index contributed by atoms with van der Waals surface area (Å²) in [6, 6.07) is 7.04. The zero-order chi connectivity index (χ0) is 19.6. The molecule has 1 N–H and O–H groups in total. The van der Waals surface area contributed by atoms with Crippen LogP contribution in [0.2, 0.25) is 0 Å². The molecule has 2 heterocycles. The topological polar surface area (TPSA) is 74.9 Å². The first-order valence-electron chi connectivity index (χ1n) is 8.91. The van der Waals surface area contributed by atoms with E-state index in [9.17, 15) is 9.59 Å². The third-order valence-corrected chi connectivity index (χ3v) is 4.87. The van der Waals surface area contributed by atoms with Gasteiger partial charge in [0.15, 0.2) is 0 Å². The summed E-state index contributed by atoms with van der Waals surface area (Å²) in [6.07, 6.45) is 0. The average molecular weight is 371 g/mol. The van der Waals surface area contributed by atoms with Gasteiger partial charge in [0.05, 0.1) is 25.3 Å². The number of piperazine rings is 1. The highest BCUT2D eigenvalue weighted by Crippen LogP contribution is 2.26. The maximum atomic E-state index is 12.9. The van der Waals surface area contributed by atoms with E-state index in [1.807, 2.05) is 19.9 Å². The molecule has 7 nitrogen and oxygen atoms in total. The number of carbonyl (C=O) groups excluding carboxylic acids is 2. The van der Waals surface area contributed by atoms with Crippen LogP contribution in [0.1, 0.15) is 32.1 Å². The summed E-state index contributed by atoms with van der Waals surface area (Å²) in [5.41, 5.74) is 3.00. The van der Waals surface area contributed by atoms with Gasteiger partial charge >= 0.3 is 0 Å². The second-order valence-corrected chi connectivity index (χ2v) is 6.64. The van der Waals surface area contributed by atoms with E-state index in [2.05, 4.69) is 4.98 Å². The van der Waals surface area contributed by atoms with E-state index in [1.54, 1.807) is 35.1 Å². The molecule has 7 heteroatoms. The Morgan fingerprint density at radius 1 is 0.889 bits per heavy atom.